The third-order valence-corrected chi connectivity index (χ3v) is 4.53. The van der Waals surface area contributed by atoms with E-state index in [1.807, 2.05) is 12.1 Å². The Kier molecular flexibility index (Phi) is 4.12. The maximum absolute atomic E-state index is 12.8. The van der Waals surface area contributed by atoms with Crippen LogP contribution in [0.5, 0.6) is 0 Å². The van der Waals surface area contributed by atoms with Crippen LogP contribution in [0.15, 0.2) is 66.9 Å². The van der Waals surface area contributed by atoms with E-state index >= 15 is 0 Å². The third kappa shape index (κ3) is 3.08. The molecule has 3 aromatic rings. The number of nitrogens with zero attached hydrogens (tertiary/aromatic N) is 2. The van der Waals surface area contributed by atoms with Gasteiger partial charge in [0.2, 0.25) is 0 Å². The highest BCUT2D eigenvalue weighted by atomic mass is 35.5. The minimum absolute atomic E-state index is 0.185. The van der Waals surface area contributed by atoms with E-state index in [0.717, 1.165) is 18.7 Å². The molecule has 124 valence electrons. The van der Waals surface area contributed by atoms with Gasteiger partial charge in [0, 0.05) is 29.1 Å². The quantitative estimate of drug-likeness (QED) is 0.746. The molecule has 2 aromatic carbocycles. The topological polar surface area (TPSA) is 45.2 Å². The number of pyridine rings is 1. The Morgan fingerprint density at radius 2 is 1.84 bits per heavy atom. The van der Waals surface area contributed by atoms with Crippen molar-refractivity contribution in [1.29, 1.82) is 0 Å². The van der Waals surface area contributed by atoms with Gasteiger partial charge in [-0.15, -0.1) is 0 Å². The predicted octanol–water partition coefficient (Wildman–Crippen LogP) is 4.68. The molecule has 0 radical (unpaired) electrons. The molecule has 0 fully saturated rings. The average molecular weight is 350 g/mol. The lowest BCUT2D eigenvalue weighted by Crippen LogP contribution is -2.21. The highest BCUT2D eigenvalue weighted by Gasteiger charge is 2.25. The molecular weight excluding hydrogens is 334 g/mol. The average Bonchev–Trinajstić information content (AvgIpc) is 3.07. The number of hydrogen-bond acceptors (Lipinski definition) is 3. The van der Waals surface area contributed by atoms with Crippen LogP contribution < -0.4 is 10.2 Å². The van der Waals surface area contributed by atoms with Gasteiger partial charge in [-0.1, -0.05) is 29.8 Å². The van der Waals surface area contributed by atoms with E-state index in [1.54, 1.807) is 42.6 Å². The van der Waals surface area contributed by atoms with E-state index in [4.69, 9.17) is 11.6 Å². The van der Waals surface area contributed by atoms with Crippen molar-refractivity contribution >= 4 is 34.7 Å². The van der Waals surface area contributed by atoms with Gasteiger partial charge >= 0.3 is 0 Å². The largest absolute Gasteiger partial charge is 0.325 e. The summed E-state index contributed by atoms with van der Waals surface area (Å²) in [5, 5.41) is 3.54. The van der Waals surface area contributed by atoms with Crippen LogP contribution in [-0.4, -0.2) is 17.4 Å². The van der Waals surface area contributed by atoms with Gasteiger partial charge in [-0.25, -0.2) is 4.98 Å². The summed E-state index contributed by atoms with van der Waals surface area (Å²) >= 11 is 5.90. The minimum atomic E-state index is -0.185. The Bertz CT molecular complexity index is 924. The molecule has 5 heteroatoms. The van der Waals surface area contributed by atoms with Crippen LogP contribution in [0.25, 0.3) is 0 Å². The van der Waals surface area contributed by atoms with E-state index < -0.39 is 0 Å². The number of carbonyl (C=O) groups is 1. The lowest BCUT2D eigenvalue weighted by molar-refractivity contribution is 0.102. The summed E-state index contributed by atoms with van der Waals surface area (Å²) in [5.74, 6) is 0.494. The molecule has 1 N–H and O–H groups in total. The Hall–Kier alpha value is -2.85. The van der Waals surface area contributed by atoms with Gasteiger partial charge in [0.25, 0.3) is 5.91 Å². The first-order chi connectivity index (χ1) is 12.2. The minimum Gasteiger partial charge on any atom is -0.325 e. The zero-order valence-electron chi connectivity index (χ0n) is 13.4. The molecule has 1 aliphatic rings. The number of aromatic nitrogens is 1. The highest BCUT2D eigenvalue weighted by Crippen LogP contribution is 2.34. The molecule has 0 saturated carbocycles. The number of rotatable bonds is 3. The molecule has 0 unspecified atom stereocenters. The molecule has 0 bridgehead atoms. The first-order valence-electron chi connectivity index (χ1n) is 8.10. The Labute approximate surface area is 151 Å². The van der Waals surface area contributed by atoms with E-state index in [0.29, 0.717) is 22.1 Å². The molecule has 1 aromatic heterocycles. The summed E-state index contributed by atoms with van der Waals surface area (Å²) in [7, 11) is 0. The molecule has 0 aliphatic carbocycles. The van der Waals surface area contributed by atoms with Crippen LogP contribution in [0.4, 0.5) is 17.2 Å². The van der Waals surface area contributed by atoms with Gasteiger partial charge in [0.05, 0.1) is 5.56 Å². The van der Waals surface area contributed by atoms with E-state index in [1.165, 1.54) is 5.56 Å². The lowest BCUT2D eigenvalue weighted by atomic mass is 10.1. The molecule has 0 spiro atoms. The maximum atomic E-state index is 12.8. The Balaban J connectivity index is 1.66. The smallest absolute Gasteiger partial charge is 0.259 e. The normalized spacial score (nSPS) is 12.8. The van der Waals surface area contributed by atoms with Gasteiger partial charge in [0.1, 0.15) is 5.82 Å². The SMILES string of the molecule is O=C(Nc1ccc(Cl)cc1)c1cccnc1N1CCc2ccccc21. The van der Waals surface area contributed by atoms with Gasteiger partial charge in [-0.05, 0) is 54.4 Å². The monoisotopic (exact) mass is 349 g/mol. The van der Waals surface area contributed by atoms with Crippen molar-refractivity contribution in [2.75, 3.05) is 16.8 Å². The third-order valence-electron chi connectivity index (χ3n) is 4.28. The van der Waals surface area contributed by atoms with Crippen LogP contribution in [-0.2, 0) is 6.42 Å². The van der Waals surface area contributed by atoms with Crippen molar-refractivity contribution in [3.05, 3.63) is 83.0 Å². The van der Waals surface area contributed by atoms with Crippen molar-refractivity contribution < 1.29 is 4.79 Å². The summed E-state index contributed by atoms with van der Waals surface area (Å²) in [5.41, 5.74) is 3.64. The van der Waals surface area contributed by atoms with E-state index in [9.17, 15) is 4.79 Å². The molecule has 1 aliphatic heterocycles. The molecule has 0 atom stereocenters. The predicted molar refractivity (Wildman–Crippen MR) is 101 cm³/mol. The maximum Gasteiger partial charge on any atom is 0.259 e. The van der Waals surface area contributed by atoms with E-state index in [-0.39, 0.29) is 5.91 Å². The van der Waals surface area contributed by atoms with Crippen LogP contribution in [0, 0.1) is 0 Å². The van der Waals surface area contributed by atoms with Gasteiger partial charge < -0.3 is 10.2 Å². The van der Waals surface area contributed by atoms with Crippen molar-refractivity contribution in [2.45, 2.75) is 6.42 Å². The second-order valence-electron chi connectivity index (χ2n) is 5.87. The van der Waals surface area contributed by atoms with Crippen LogP contribution in [0.3, 0.4) is 0 Å². The first kappa shape index (κ1) is 15.7. The van der Waals surface area contributed by atoms with Crippen molar-refractivity contribution in [1.82, 2.24) is 4.98 Å². The first-order valence-corrected chi connectivity index (χ1v) is 8.47. The van der Waals surface area contributed by atoms with Crippen molar-refractivity contribution in [3.63, 3.8) is 0 Å². The number of benzene rings is 2. The number of anilines is 3. The molecule has 4 rings (SSSR count). The van der Waals surface area contributed by atoms with Crippen LogP contribution >= 0.6 is 11.6 Å². The number of fused-ring (bicyclic) bond motifs is 1. The van der Waals surface area contributed by atoms with Gasteiger partial charge in [0.15, 0.2) is 0 Å². The Morgan fingerprint density at radius 3 is 2.68 bits per heavy atom. The molecule has 25 heavy (non-hydrogen) atoms. The number of para-hydroxylation sites is 1. The zero-order chi connectivity index (χ0) is 17.2. The van der Waals surface area contributed by atoms with Gasteiger partial charge in [-0.3, -0.25) is 4.79 Å². The second-order valence-corrected chi connectivity index (χ2v) is 6.30. The zero-order valence-corrected chi connectivity index (χ0v) is 14.2. The fourth-order valence-corrected chi connectivity index (χ4v) is 3.21. The number of amides is 1. The summed E-state index contributed by atoms with van der Waals surface area (Å²) < 4.78 is 0. The summed E-state index contributed by atoms with van der Waals surface area (Å²) in [6, 6.07) is 18.9. The molecule has 0 saturated heterocycles. The van der Waals surface area contributed by atoms with E-state index in [2.05, 4.69) is 27.3 Å². The Morgan fingerprint density at radius 1 is 1.04 bits per heavy atom. The molecule has 1 amide bonds. The van der Waals surface area contributed by atoms with Crippen LogP contribution in [0.2, 0.25) is 5.02 Å². The highest BCUT2D eigenvalue weighted by molar-refractivity contribution is 6.30. The van der Waals surface area contributed by atoms with Crippen LogP contribution in [0.1, 0.15) is 15.9 Å². The number of nitrogens with one attached hydrogen (secondary N) is 1. The number of carbonyl (C=O) groups excluding carboxylic acids is 1. The van der Waals surface area contributed by atoms with Crippen molar-refractivity contribution in [2.24, 2.45) is 0 Å². The fourth-order valence-electron chi connectivity index (χ4n) is 3.08. The molecule has 4 nitrogen and oxygen atoms in total. The summed E-state index contributed by atoms with van der Waals surface area (Å²) in [4.78, 5) is 19.4. The van der Waals surface area contributed by atoms with Crippen molar-refractivity contribution in [3.8, 4) is 0 Å². The summed E-state index contributed by atoms with van der Waals surface area (Å²) in [6.45, 7) is 0.817. The molecule has 2 heterocycles. The number of halogens is 1. The second kappa shape index (κ2) is 6.57. The fraction of sp³-hybridized carbons (Fsp3) is 0.100. The summed E-state index contributed by atoms with van der Waals surface area (Å²) in [6.07, 6.45) is 2.67. The standard InChI is InChI=1S/C20H16ClN3O/c21-15-7-9-16(10-8-15)23-20(25)17-5-3-12-22-19(17)24-13-11-14-4-1-2-6-18(14)24/h1-10,12H,11,13H2,(H,23,25). The number of hydrogen-bond donors (Lipinski definition) is 1. The lowest BCUT2D eigenvalue weighted by Gasteiger charge is -2.21. The molecular formula is C20H16ClN3O. The van der Waals surface area contributed by atoms with Gasteiger partial charge in [-0.2, -0.15) is 0 Å².